The van der Waals surface area contributed by atoms with E-state index in [1.165, 1.54) is 0 Å². The number of benzene rings is 2. The lowest BCUT2D eigenvalue weighted by atomic mass is 10.1. The molecule has 2 N–H and O–H groups in total. The van der Waals surface area contributed by atoms with Gasteiger partial charge in [-0.05, 0) is 11.6 Å². The fourth-order valence-corrected chi connectivity index (χ4v) is 1.95. The molecule has 2 aromatic carbocycles. The molecule has 1 amide bonds. The fraction of sp³-hybridized carbons (Fsp3) is 0.133. The van der Waals surface area contributed by atoms with Gasteiger partial charge < -0.3 is 10.4 Å². The van der Waals surface area contributed by atoms with Gasteiger partial charge in [0.05, 0.1) is 6.61 Å². The maximum Gasteiger partial charge on any atom is 0.246 e. The fourth-order valence-electron chi connectivity index (χ4n) is 1.75. The van der Waals surface area contributed by atoms with Crippen LogP contribution in [0.1, 0.15) is 16.5 Å². The van der Waals surface area contributed by atoms with Crippen molar-refractivity contribution in [1.29, 1.82) is 0 Å². The lowest BCUT2D eigenvalue weighted by molar-refractivity contribution is -0.116. The SMILES string of the molecule is O=C(Nc1ccccc1CO)C(Cl)c1ccccc1. The molecule has 3 nitrogen and oxygen atoms in total. The average molecular weight is 276 g/mol. The maximum absolute atomic E-state index is 12.1. The van der Waals surface area contributed by atoms with Crippen LogP contribution in [0.4, 0.5) is 5.69 Å². The van der Waals surface area contributed by atoms with Crippen molar-refractivity contribution in [2.75, 3.05) is 5.32 Å². The second-order valence-electron chi connectivity index (χ2n) is 4.08. The molecule has 0 aliphatic carbocycles. The summed E-state index contributed by atoms with van der Waals surface area (Å²) in [5.41, 5.74) is 1.98. The van der Waals surface area contributed by atoms with Gasteiger partial charge in [-0.2, -0.15) is 0 Å². The van der Waals surface area contributed by atoms with Crippen molar-refractivity contribution < 1.29 is 9.90 Å². The van der Waals surface area contributed by atoms with Crippen LogP contribution >= 0.6 is 11.6 Å². The summed E-state index contributed by atoms with van der Waals surface area (Å²) < 4.78 is 0. The Morgan fingerprint density at radius 3 is 2.42 bits per heavy atom. The third-order valence-corrected chi connectivity index (χ3v) is 3.22. The van der Waals surface area contributed by atoms with Gasteiger partial charge in [0.2, 0.25) is 5.91 Å². The molecule has 0 heterocycles. The van der Waals surface area contributed by atoms with Crippen LogP contribution in [-0.2, 0) is 11.4 Å². The van der Waals surface area contributed by atoms with Crippen molar-refractivity contribution >= 4 is 23.2 Å². The summed E-state index contributed by atoms with van der Waals surface area (Å²) in [6, 6.07) is 16.2. The standard InChI is InChI=1S/C15H14ClNO2/c16-14(11-6-2-1-3-7-11)15(19)17-13-9-5-4-8-12(13)10-18/h1-9,14,18H,10H2,(H,17,19). The van der Waals surface area contributed by atoms with Crippen LogP contribution in [0.2, 0.25) is 0 Å². The Bertz CT molecular complexity index is 557. The molecule has 0 aromatic heterocycles. The number of carbonyl (C=O) groups is 1. The van der Waals surface area contributed by atoms with Gasteiger partial charge in [-0.1, -0.05) is 48.5 Å². The first kappa shape index (κ1) is 13.6. The molecular weight excluding hydrogens is 262 g/mol. The van der Waals surface area contributed by atoms with Crippen LogP contribution in [0.15, 0.2) is 54.6 Å². The summed E-state index contributed by atoms with van der Waals surface area (Å²) in [5.74, 6) is -0.311. The highest BCUT2D eigenvalue weighted by molar-refractivity contribution is 6.32. The molecular formula is C15H14ClNO2. The van der Waals surface area contributed by atoms with Gasteiger partial charge in [0.25, 0.3) is 0 Å². The Kier molecular flexibility index (Phi) is 4.55. The summed E-state index contributed by atoms with van der Waals surface area (Å²) >= 11 is 6.13. The van der Waals surface area contributed by atoms with E-state index in [9.17, 15) is 9.90 Å². The third-order valence-electron chi connectivity index (χ3n) is 2.77. The van der Waals surface area contributed by atoms with Gasteiger partial charge >= 0.3 is 0 Å². The number of hydrogen-bond donors (Lipinski definition) is 2. The minimum atomic E-state index is -0.757. The molecule has 2 rings (SSSR count). The van der Waals surface area contributed by atoms with E-state index >= 15 is 0 Å². The first-order chi connectivity index (χ1) is 9.22. The van der Waals surface area contributed by atoms with Gasteiger partial charge in [0.1, 0.15) is 5.38 Å². The minimum Gasteiger partial charge on any atom is -0.392 e. The summed E-state index contributed by atoms with van der Waals surface area (Å²) in [6.45, 7) is -0.130. The molecule has 0 fully saturated rings. The molecule has 0 aliphatic rings. The zero-order valence-corrected chi connectivity index (χ0v) is 11.0. The van der Waals surface area contributed by atoms with Crippen LogP contribution in [0.3, 0.4) is 0 Å². The first-order valence-corrected chi connectivity index (χ1v) is 6.34. The second-order valence-corrected chi connectivity index (χ2v) is 4.51. The molecule has 2 aromatic rings. The maximum atomic E-state index is 12.1. The van der Waals surface area contributed by atoms with Gasteiger partial charge in [-0.15, -0.1) is 11.6 Å². The second kappa shape index (κ2) is 6.36. The molecule has 0 saturated heterocycles. The number of para-hydroxylation sites is 1. The van der Waals surface area contributed by atoms with E-state index in [1.807, 2.05) is 18.2 Å². The van der Waals surface area contributed by atoms with E-state index in [-0.39, 0.29) is 12.5 Å². The summed E-state index contributed by atoms with van der Waals surface area (Å²) in [4.78, 5) is 12.1. The molecule has 1 atom stereocenters. The monoisotopic (exact) mass is 275 g/mol. The van der Waals surface area contributed by atoms with Gasteiger partial charge in [0, 0.05) is 11.3 Å². The van der Waals surface area contributed by atoms with Crippen LogP contribution < -0.4 is 5.32 Å². The van der Waals surface area contributed by atoms with Crippen molar-refractivity contribution in [3.63, 3.8) is 0 Å². The Balaban J connectivity index is 2.13. The number of alkyl halides is 1. The van der Waals surface area contributed by atoms with Crippen molar-refractivity contribution in [2.24, 2.45) is 0 Å². The van der Waals surface area contributed by atoms with Gasteiger partial charge in [0.15, 0.2) is 0 Å². The normalized spacial score (nSPS) is 11.9. The highest BCUT2D eigenvalue weighted by Crippen LogP contribution is 2.23. The molecule has 98 valence electrons. The number of amides is 1. The molecule has 0 aliphatic heterocycles. The Morgan fingerprint density at radius 1 is 1.11 bits per heavy atom. The van der Waals surface area contributed by atoms with E-state index in [0.717, 1.165) is 5.56 Å². The summed E-state index contributed by atoms with van der Waals surface area (Å²) in [7, 11) is 0. The van der Waals surface area contributed by atoms with E-state index in [1.54, 1.807) is 36.4 Å². The molecule has 0 radical (unpaired) electrons. The van der Waals surface area contributed by atoms with Crippen LogP contribution in [0.25, 0.3) is 0 Å². The number of anilines is 1. The molecule has 19 heavy (non-hydrogen) atoms. The number of aliphatic hydroxyl groups excluding tert-OH is 1. The first-order valence-electron chi connectivity index (χ1n) is 5.91. The van der Waals surface area contributed by atoms with Gasteiger partial charge in [-0.3, -0.25) is 4.79 Å². The molecule has 0 saturated carbocycles. The number of carbonyl (C=O) groups excluding carboxylic acids is 1. The van der Waals surface area contributed by atoms with E-state index < -0.39 is 5.38 Å². The minimum absolute atomic E-state index is 0.130. The predicted molar refractivity (Wildman–Crippen MR) is 76.0 cm³/mol. The number of halogens is 1. The molecule has 4 heteroatoms. The topological polar surface area (TPSA) is 49.3 Å². The van der Waals surface area contributed by atoms with E-state index in [2.05, 4.69) is 5.32 Å². The Hall–Kier alpha value is -1.84. The quantitative estimate of drug-likeness (QED) is 0.843. The predicted octanol–water partition coefficient (Wildman–Crippen LogP) is 3.10. The Labute approximate surface area is 116 Å². The van der Waals surface area contributed by atoms with Crippen molar-refractivity contribution in [1.82, 2.24) is 0 Å². The highest BCUT2D eigenvalue weighted by atomic mass is 35.5. The average Bonchev–Trinajstić information content (AvgIpc) is 2.48. The largest absolute Gasteiger partial charge is 0.392 e. The zero-order chi connectivity index (χ0) is 13.7. The summed E-state index contributed by atoms with van der Waals surface area (Å²) in [6.07, 6.45) is 0. The number of aliphatic hydroxyl groups is 1. The number of hydrogen-bond acceptors (Lipinski definition) is 2. The third kappa shape index (κ3) is 3.34. The number of nitrogens with one attached hydrogen (secondary N) is 1. The molecule has 1 unspecified atom stereocenters. The van der Waals surface area contributed by atoms with E-state index in [4.69, 9.17) is 11.6 Å². The number of rotatable bonds is 4. The van der Waals surface area contributed by atoms with Crippen molar-refractivity contribution in [3.8, 4) is 0 Å². The van der Waals surface area contributed by atoms with Crippen molar-refractivity contribution in [2.45, 2.75) is 12.0 Å². The van der Waals surface area contributed by atoms with E-state index in [0.29, 0.717) is 11.3 Å². The van der Waals surface area contributed by atoms with Crippen LogP contribution in [0, 0.1) is 0 Å². The zero-order valence-electron chi connectivity index (χ0n) is 10.2. The van der Waals surface area contributed by atoms with Crippen LogP contribution in [-0.4, -0.2) is 11.0 Å². The lowest BCUT2D eigenvalue weighted by Crippen LogP contribution is -2.18. The Morgan fingerprint density at radius 2 is 1.74 bits per heavy atom. The van der Waals surface area contributed by atoms with Crippen molar-refractivity contribution in [3.05, 3.63) is 65.7 Å². The molecule has 0 bridgehead atoms. The molecule has 0 spiro atoms. The smallest absolute Gasteiger partial charge is 0.246 e. The highest BCUT2D eigenvalue weighted by Gasteiger charge is 2.18. The van der Waals surface area contributed by atoms with Crippen LogP contribution in [0.5, 0.6) is 0 Å². The summed E-state index contributed by atoms with van der Waals surface area (Å²) in [5, 5.41) is 11.2. The lowest BCUT2D eigenvalue weighted by Gasteiger charge is -2.13. The van der Waals surface area contributed by atoms with Gasteiger partial charge in [-0.25, -0.2) is 0 Å².